The standard InChI is InChI=1S/C14H16IN3O2/c1-3-6-18(8-13(19)20-2)14-11-7-10(15)4-5-12(11)16-9-17-14/h4-5,7,9H,3,6,8H2,1-2H3. The lowest BCUT2D eigenvalue weighted by molar-refractivity contribution is -0.138. The summed E-state index contributed by atoms with van der Waals surface area (Å²) in [5.74, 6) is 0.511. The van der Waals surface area contributed by atoms with Crippen molar-refractivity contribution in [3.05, 3.63) is 28.1 Å². The molecule has 0 N–H and O–H groups in total. The molecule has 2 rings (SSSR count). The molecule has 1 aromatic heterocycles. The third-order valence-corrected chi connectivity index (χ3v) is 3.59. The van der Waals surface area contributed by atoms with Gasteiger partial charge in [0, 0.05) is 15.5 Å². The van der Waals surface area contributed by atoms with Gasteiger partial charge >= 0.3 is 5.97 Å². The van der Waals surface area contributed by atoms with Crippen LogP contribution in [-0.2, 0) is 9.53 Å². The van der Waals surface area contributed by atoms with Gasteiger partial charge in [-0.3, -0.25) is 4.79 Å². The van der Waals surface area contributed by atoms with Crippen LogP contribution in [0.25, 0.3) is 10.9 Å². The first-order valence-corrected chi connectivity index (χ1v) is 7.45. The minimum atomic E-state index is -0.268. The zero-order chi connectivity index (χ0) is 14.5. The Bertz CT molecular complexity index is 618. The van der Waals surface area contributed by atoms with E-state index in [1.807, 2.05) is 23.1 Å². The van der Waals surface area contributed by atoms with Crippen molar-refractivity contribution in [3.63, 3.8) is 0 Å². The summed E-state index contributed by atoms with van der Waals surface area (Å²) in [6.45, 7) is 3.01. The monoisotopic (exact) mass is 385 g/mol. The van der Waals surface area contributed by atoms with Crippen LogP contribution in [0.2, 0.25) is 0 Å². The van der Waals surface area contributed by atoms with Crippen molar-refractivity contribution >= 4 is 45.3 Å². The predicted octanol–water partition coefficient (Wildman–Crippen LogP) is 2.62. The highest BCUT2D eigenvalue weighted by molar-refractivity contribution is 14.1. The number of hydrogen-bond acceptors (Lipinski definition) is 5. The fourth-order valence-corrected chi connectivity index (χ4v) is 2.51. The van der Waals surface area contributed by atoms with E-state index in [9.17, 15) is 4.79 Å². The Kier molecular flexibility index (Phi) is 5.11. The number of halogens is 1. The van der Waals surface area contributed by atoms with Crippen LogP contribution in [0.15, 0.2) is 24.5 Å². The average Bonchev–Trinajstić information content (AvgIpc) is 2.46. The molecular weight excluding hydrogens is 369 g/mol. The second-order valence-electron chi connectivity index (χ2n) is 4.36. The zero-order valence-electron chi connectivity index (χ0n) is 11.5. The Hall–Kier alpha value is -1.44. The van der Waals surface area contributed by atoms with Crippen LogP contribution in [0, 0.1) is 3.57 Å². The number of methoxy groups -OCH3 is 1. The number of rotatable bonds is 5. The van der Waals surface area contributed by atoms with Gasteiger partial charge in [-0.05, 0) is 47.2 Å². The van der Waals surface area contributed by atoms with Crippen molar-refractivity contribution in [2.24, 2.45) is 0 Å². The van der Waals surface area contributed by atoms with Crippen molar-refractivity contribution in [1.29, 1.82) is 0 Å². The molecule has 1 aromatic carbocycles. The number of carbonyl (C=O) groups excluding carboxylic acids is 1. The minimum Gasteiger partial charge on any atom is -0.468 e. The lowest BCUT2D eigenvalue weighted by atomic mass is 10.2. The van der Waals surface area contributed by atoms with Gasteiger partial charge < -0.3 is 9.64 Å². The van der Waals surface area contributed by atoms with Gasteiger partial charge in [0.25, 0.3) is 0 Å². The lowest BCUT2D eigenvalue weighted by Crippen LogP contribution is -2.32. The van der Waals surface area contributed by atoms with Gasteiger partial charge in [-0.2, -0.15) is 0 Å². The van der Waals surface area contributed by atoms with Gasteiger partial charge in [-0.1, -0.05) is 6.92 Å². The van der Waals surface area contributed by atoms with E-state index in [1.54, 1.807) is 0 Å². The maximum Gasteiger partial charge on any atom is 0.325 e. The van der Waals surface area contributed by atoms with Crippen LogP contribution in [0.1, 0.15) is 13.3 Å². The van der Waals surface area contributed by atoms with Crippen LogP contribution < -0.4 is 4.90 Å². The smallest absolute Gasteiger partial charge is 0.325 e. The molecule has 0 saturated carbocycles. The topological polar surface area (TPSA) is 55.3 Å². The fourth-order valence-electron chi connectivity index (χ4n) is 2.02. The summed E-state index contributed by atoms with van der Waals surface area (Å²) < 4.78 is 5.87. The first-order chi connectivity index (χ1) is 9.65. The van der Waals surface area contributed by atoms with E-state index in [0.29, 0.717) is 0 Å². The average molecular weight is 385 g/mol. The maximum absolute atomic E-state index is 11.6. The summed E-state index contributed by atoms with van der Waals surface area (Å²) in [5.41, 5.74) is 0.876. The number of fused-ring (bicyclic) bond motifs is 1. The third kappa shape index (κ3) is 3.36. The molecule has 0 atom stereocenters. The van der Waals surface area contributed by atoms with Gasteiger partial charge in [0.15, 0.2) is 0 Å². The Morgan fingerprint density at radius 2 is 2.20 bits per heavy atom. The van der Waals surface area contributed by atoms with Gasteiger partial charge in [0.2, 0.25) is 0 Å². The molecule has 0 aliphatic rings. The molecule has 0 spiro atoms. The first-order valence-electron chi connectivity index (χ1n) is 6.37. The van der Waals surface area contributed by atoms with E-state index in [-0.39, 0.29) is 12.5 Å². The molecule has 0 bridgehead atoms. The van der Waals surface area contributed by atoms with E-state index < -0.39 is 0 Å². The molecule has 6 heteroatoms. The summed E-state index contributed by atoms with van der Waals surface area (Å²) in [5, 5.41) is 0.955. The number of benzene rings is 1. The van der Waals surface area contributed by atoms with E-state index in [0.717, 1.165) is 33.3 Å². The number of aromatic nitrogens is 2. The molecule has 1 heterocycles. The molecule has 0 aliphatic carbocycles. The van der Waals surface area contributed by atoms with Gasteiger partial charge in [0.05, 0.1) is 12.6 Å². The van der Waals surface area contributed by atoms with Crippen LogP contribution in [0.3, 0.4) is 0 Å². The largest absolute Gasteiger partial charge is 0.468 e. The Morgan fingerprint density at radius 3 is 2.90 bits per heavy atom. The molecule has 0 fully saturated rings. The van der Waals surface area contributed by atoms with Gasteiger partial charge in [0.1, 0.15) is 18.7 Å². The number of carbonyl (C=O) groups is 1. The van der Waals surface area contributed by atoms with Gasteiger partial charge in [-0.25, -0.2) is 9.97 Å². The normalized spacial score (nSPS) is 10.6. The molecule has 0 unspecified atom stereocenters. The molecule has 106 valence electrons. The van der Waals surface area contributed by atoms with Crippen LogP contribution in [-0.4, -0.2) is 36.1 Å². The summed E-state index contributed by atoms with van der Waals surface area (Å²) in [4.78, 5) is 22.1. The summed E-state index contributed by atoms with van der Waals surface area (Å²) in [6, 6.07) is 6.00. The summed E-state index contributed by atoms with van der Waals surface area (Å²) in [7, 11) is 1.40. The summed E-state index contributed by atoms with van der Waals surface area (Å²) >= 11 is 2.26. The number of esters is 1. The van der Waals surface area contributed by atoms with Crippen molar-refractivity contribution in [2.45, 2.75) is 13.3 Å². The molecule has 20 heavy (non-hydrogen) atoms. The Morgan fingerprint density at radius 1 is 1.40 bits per heavy atom. The Balaban J connectivity index is 2.46. The molecule has 0 aliphatic heterocycles. The first kappa shape index (κ1) is 15.0. The van der Waals surface area contributed by atoms with Crippen molar-refractivity contribution in [2.75, 3.05) is 25.1 Å². The van der Waals surface area contributed by atoms with Crippen molar-refractivity contribution < 1.29 is 9.53 Å². The van der Waals surface area contributed by atoms with Crippen LogP contribution in [0.4, 0.5) is 5.82 Å². The maximum atomic E-state index is 11.6. The van der Waals surface area contributed by atoms with Gasteiger partial charge in [-0.15, -0.1) is 0 Å². The lowest BCUT2D eigenvalue weighted by Gasteiger charge is -2.22. The highest BCUT2D eigenvalue weighted by Gasteiger charge is 2.15. The third-order valence-electron chi connectivity index (χ3n) is 2.92. The SMILES string of the molecule is CCCN(CC(=O)OC)c1ncnc2ccc(I)cc12. The number of ether oxygens (including phenoxy) is 1. The van der Waals surface area contributed by atoms with Crippen LogP contribution in [0.5, 0.6) is 0 Å². The number of nitrogens with zero attached hydrogens (tertiary/aromatic N) is 3. The van der Waals surface area contributed by atoms with Crippen LogP contribution >= 0.6 is 22.6 Å². The number of anilines is 1. The predicted molar refractivity (Wildman–Crippen MR) is 86.8 cm³/mol. The second-order valence-corrected chi connectivity index (χ2v) is 5.60. The van der Waals surface area contributed by atoms with E-state index in [1.165, 1.54) is 13.4 Å². The molecule has 0 amide bonds. The fraction of sp³-hybridized carbons (Fsp3) is 0.357. The Labute approximate surface area is 131 Å². The molecular formula is C14H16IN3O2. The zero-order valence-corrected chi connectivity index (χ0v) is 13.6. The second kappa shape index (κ2) is 6.83. The highest BCUT2D eigenvalue weighted by Crippen LogP contribution is 2.24. The van der Waals surface area contributed by atoms with E-state index in [4.69, 9.17) is 4.74 Å². The molecule has 0 saturated heterocycles. The van der Waals surface area contributed by atoms with E-state index >= 15 is 0 Å². The van der Waals surface area contributed by atoms with Crippen molar-refractivity contribution in [1.82, 2.24) is 9.97 Å². The highest BCUT2D eigenvalue weighted by atomic mass is 127. The quantitative estimate of drug-likeness (QED) is 0.585. The molecule has 5 nitrogen and oxygen atoms in total. The molecule has 2 aromatic rings. The van der Waals surface area contributed by atoms with Crippen molar-refractivity contribution in [3.8, 4) is 0 Å². The number of hydrogen-bond donors (Lipinski definition) is 0. The molecule has 0 radical (unpaired) electrons. The van der Waals surface area contributed by atoms with E-state index in [2.05, 4.69) is 39.5 Å². The minimum absolute atomic E-state index is 0.196. The summed E-state index contributed by atoms with van der Waals surface area (Å²) in [6.07, 6.45) is 2.46.